The molecular weight excluding hydrogens is 418 g/mol. The smallest absolute Gasteiger partial charge is 0.144 e. The van der Waals surface area contributed by atoms with Crippen LogP contribution in [0.3, 0.4) is 0 Å². The molecule has 2 N–H and O–H groups in total. The third-order valence-corrected chi connectivity index (χ3v) is 7.45. The van der Waals surface area contributed by atoms with E-state index in [1.165, 1.54) is 0 Å². The summed E-state index contributed by atoms with van der Waals surface area (Å²) in [5, 5.41) is 24.3. The highest BCUT2D eigenvalue weighted by atomic mass is 16.3. The molecule has 0 radical (unpaired) electrons. The number of rotatable bonds is 9. The summed E-state index contributed by atoms with van der Waals surface area (Å²) in [7, 11) is 0. The van der Waals surface area contributed by atoms with E-state index in [1.807, 2.05) is 78.9 Å². The molecule has 3 aromatic rings. The predicted molar refractivity (Wildman–Crippen MR) is 139 cm³/mol. The summed E-state index contributed by atoms with van der Waals surface area (Å²) >= 11 is 0. The van der Waals surface area contributed by atoms with Crippen LogP contribution in [0.1, 0.15) is 54.9 Å². The van der Waals surface area contributed by atoms with Crippen LogP contribution >= 0.6 is 0 Å². The van der Waals surface area contributed by atoms with Gasteiger partial charge in [-0.1, -0.05) is 104 Å². The first-order chi connectivity index (χ1) is 16.5. The molecule has 34 heavy (non-hydrogen) atoms. The maximum atomic E-state index is 12.2. The van der Waals surface area contributed by atoms with Crippen LogP contribution in [-0.2, 0) is 17.7 Å². The number of nitrogens with zero attached hydrogens (tertiary/aromatic N) is 1. The number of aliphatic hydroxyl groups is 2. The second-order valence-electron chi connectivity index (χ2n) is 9.48. The van der Waals surface area contributed by atoms with E-state index >= 15 is 0 Å². The van der Waals surface area contributed by atoms with Crippen LogP contribution in [0.4, 0.5) is 0 Å². The van der Waals surface area contributed by atoms with Gasteiger partial charge < -0.3 is 10.2 Å². The van der Waals surface area contributed by atoms with Gasteiger partial charge in [0.25, 0.3) is 0 Å². The molecule has 1 atom stereocenters. The van der Waals surface area contributed by atoms with Gasteiger partial charge in [-0.2, -0.15) is 0 Å². The number of hydrogen-bond acceptors (Lipinski definition) is 3. The van der Waals surface area contributed by atoms with E-state index in [2.05, 4.69) is 30.5 Å². The van der Waals surface area contributed by atoms with Crippen molar-refractivity contribution < 1.29 is 10.2 Å². The predicted octanol–water partition coefficient (Wildman–Crippen LogP) is 6.01. The average molecular weight is 456 g/mol. The van der Waals surface area contributed by atoms with E-state index in [0.717, 1.165) is 61.0 Å². The van der Waals surface area contributed by atoms with Crippen molar-refractivity contribution in [1.29, 1.82) is 0 Å². The Morgan fingerprint density at radius 1 is 0.853 bits per heavy atom. The van der Waals surface area contributed by atoms with Crippen LogP contribution in [0.25, 0.3) is 0 Å². The van der Waals surface area contributed by atoms with Crippen LogP contribution in [0.2, 0.25) is 0 Å². The quantitative estimate of drug-likeness (QED) is 0.389. The molecule has 1 heterocycles. The van der Waals surface area contributed by atoms with Crippen molar-refractivity contribution in [3.63, 3.8) is 0 Å². The molecule has 3 nitrogen and oxygen atoms in total. The molecule has 0 bridgehead atoms. The molecule has 4 rings (SSSR count). The highest BCUT2D eigenvalue weighted by Gasteiger charge is 2.45. The summed E-state index contributed by atoms with van der Waals surface area (Å²) in [4.78, 5) is 2.23. The lowest BCUT2D eigenvalue weighted by molar-refractivity contribution is -0.145. The van der Waals surface area contributed by atoms with Gasteiger partial charge >= 0.3 is 0 Å². The number of allylic oxidation sites excluding steroid dienone is 1. The fourth-order valence-electron chi connectivity index (χ4n) is 5.75. The molecule has 1 fully saturated rings. The highest BCUT2D eigenvalue weighted by molar-refractivity contribution is 5.38. The molecule has 0 aliphatic carbocycles. The number of piperidine rings is 1. The Kier molecular flexibility index (Phi) is 7.67. The first-order valence-electron chi connectivity index (χ1n) is 12.5. The molecule has 1 unspecified atom stereocenters. The lowest BCUT2D eigenvalue weighted by Crippen LogP contribution is -2.53. The SMILES string of the molecule is C=CCc1ccccc1C(O)(CCC)N1CCC(C(O)(c2ccccc2)c2ccccc2)CC1. The molecule has 1 aliphatic heterocycles. The van der Waals surface area contributed by atoms with Crippen molar-refractivity contribution in [1.82, 2.24) is 4.90 Å². The average Bonchev–Trinajstić information content (AvgIpc) is 2.90. The first-order valence-corrected chi connectivity index (χ1v) is 12.5. The fourth-order valence-corrected chi connectivity index (χ4v) is 5.75. The minimum Gasteiger partial charge on any atom is -0.380 e. The Morgan fingerprint density at radius 3 is 1.91 bits per heavy atom. The molecule has 3 aromatic carbocycles. The van der Waals surface area contributed by atoms with Gasteiger partial charge in [-0.25, -0.2) is 0 Å². The monoisotopic (exact) mass is 455 g/mol. The zero-order valence-corrected chi connectivity index (χ0v) is 20.2. The van der Waals surface area contributed by atoms with E-state index < -0.39 is 11.3 Å². The van der Waals surface area contributed by atoms with Crippen LogP contribution in [0.5, 0.6) is 0 Å². The Morgan fingerprint density at radius 2 is 1.38 bits per heavy atom. The number of likely N-dealkylation sites (tertiary alicyclic amines) is 1. The zero-order chi connectivity index (χ0) is 24.0. The van der Waals surface area contributed by atoms with E-state index in [4.69, 9.17) is 0 Å². The molecule has 0 aromatic heterocycles. The van der Waals surface area contributed by atoms with Crippen LogP contribution in [0.15, 0.2) is 97.6 Å². The van der Waals surface area contributed by atoms with Crippen LogP contribution in [-0.4, -0.2) is 28.2 Å². The molecule has 1 saturated heterocycles. The normalized spacial score (nSPS) is 17.3. The largest absolute Gasteiger partial charge is 0.380 e. The topological polar surface area (TPSA) is 43.7 Å². The third-order valence-electron chi connectivity index (χ3n) is 7.45. The summed E-state index contributed by atoms with van der Waals surface area (Å²) in [6, 6.07) is 28.3. The lowest BCUT2D eigenvalue weighted by Gasteiger charge is -2.48. The van der Waals surface area contributed by atoms with Gasteiger partial charge in [0.2, 0.25) is 0 Å². The molecule has 1 aliphatic rings. The third kappa shape index (κ3) is 4.61. The highest BCUT2D eigenvalue weighted by Crippen LogP contribution is 2.44. The van der Waals surface area contributed by atoms with Crippen LogP contribution in [0, 0.1) is 5.92 Å². The Hall–Kier alpha value is -2.72. The number of benzene rings is 3. The summed E-state index contributed by atoms with van der Waals surface area (Å²) in [5.41, 5.74) is 1.90. The van der Waals surface area contributed by atoms with E-state index in [-0.39, 0.29) is 5.92 Å². The molecule has 0 amide bonds. The van der Waals surface area contributed by atoms with Gasteiger partial charge in [-0.05, 0) is 48.3 Å². The van der Waals surface area contributed by atoms with Gasteiger partial charge in [-0.15, -0.1) is 6.58 Å². The maximum Gasteiger partial charge on any atom is 0.144 e. The Bertz CT molecular complexity index is 1020. The lowest BCUT2D eigenvalue weighted by atomic mass is 9.71. The Labute approximate surface area is 204 Å². The van der Waals surface area contributed by atoms with Gasteiger partial charge in [0.15, 0.2) is 0 Å². The number of hydrogen-bond donors (Lipinski definition) is 2. The molecule has 0 spiro atoms. The first kappa shape index (κ1) is 24.4. The van der Waals surface area contributed by atoms with E-state index in [9.17, 15) is 10.2 Å². The Balaban J connectivity index is 1.63. The van der Waals surface area contributed by atoms with Gasteiger partial charge in [0.1, 0.15) is 11.3 Å². The van der Waals surface area contributed by atoms with E-state index in [1.54, 1.807) is 0 Å². The minimum atomic E-state index is -1.06. The van der Waals surface area contributed by atoms with Crippen molar-refractivity contribution in [3.05, 3.63) is 120 Å². The second kappa shape index (κ2) is 10.7. The van der Waals surface area contributed by atoms with Gasteiger partial charge in [0.05, 0.1) is 0 Å². The standard InChI is InChI=1S/C31H37NO2/c1-3-13-25-14-11-12-19-29(25)30(33,22-4-2)32-23-20-28(21-24-32)31(34,26-15-7-5-8-16-26)27-17-9-6-10-18-27/h3,5-12,14-19,28,33-34H,1,4,13,20-24H2,2H3. The van der Waals surface area contributed by atoms with Crippen molar-refractivity contribution in [3.8, 4) is 0 Å². The summed E-state index contributed by atoms with van der Waals surface area (Å²) in [6.07, 6.45) is 5.80. The van der Waals surface area contributed by atoms with Gasteiger partial charge in [0, 0.05) is 18.7 Å². The second-order valence-corrected chi connectivity index (χ2v) is 9.48. The van der Waals surface area contributed by atoms with Crippen LogP contribution < -0.4 is 0 Å². The van der Waals surface area contributed by atoms with Crippen molar-refractivity contribution in [2.24, 2.45) is 5.92 Å². The molecular formula is C31H37NO2. The van der Waals surface area contributed by atoms with E-state index in [0.29, 0.717) is 6.42 Å². The summed E-state index contributed by atoms with van der Waals surface area (Å²) in [5.74, 6) is 0.0582. The fraction of sp³-hybridized carbons (Fsp3) is 0.355. The zero-order valence-electron chi connectivity index (χ0n) is 20.2. The van der Waals surface area contributed by atoms with Crippen molar-refractivity contribution in [2.75, 3.05) is 13.1 Å². The van der Waals surface area contributed by atoms with Crippen molar-refractivity contribution >= 4 is 0 Å². The molecule has 0 saturated carbocycles. The van der Waals surface area contributed by atoms with Gasteiger partial charge in [-0.3, -0.25) is 4.90 Å². The molecule has 178 valence electrons. The minimum absolute atomic E-state index is 0.0582. The van der Waals surface area contributed by atoms with Crippen molar-refractivity contribution in [2.45, 2.75) is 50.4 Å². The maximum absolute atomic E-state index is 12.2. The summed E-state index contributed by atoms with van der Waals surface area (Å²) < 4.78 is 0. The molecule has 3 heteroatoms. The summed E-state index contributed by atoms with van der Waals surface area (Å²) in [6.45, 7) is 7.49.